The van der Waals surface area contributed by atoms with Crippen molar-refractivity contribution in [3.8, 4) is 0 Å². The second kappa shape index (κ2) is 7.59. The molecule has 1 heterocycles. The summed E-state index contributed by atoms with van der Waals surface area (Å²) in [6, 6.07) is 5.63. The van der Waals surface area contributed by atoms with Crippen molar-refractivity contribution >= 4 is 21.9 Å². The molecule has 1 aromatic rings. The Morgan fingerprint density at radius 2 is 1.70 bits per heavy atom. The molecular formula is C19H28N2O5S. The van der Waals surface area contributed by atoms with Crippen LogP contribution in [-0.2, 0) is 14.8 Å². The zero-order valence-corrected chi connectivity index (χ0v) is 17.3. The molecule has 150 valence electrons. The number of carboxylic acid groups (broad SMARTS) is 1. The molecule has 1 unspecified atom stereocenters. The number of carbonyl (C=O) groups excluding carboxylic acids is 1. The molecule has 2 rings (SSSR count). The lowest BCUT2D eigenvalue weighted by Gasteiger charge is -2.28. The van der Waals surface area contributed by atoms with Crippen LogP contribution in [0.2, 0.25) is 0 Å². The summed E-state index contributed by atoms with van der Waals surface area (Å²) in [6.45, 7) is 7.81. The largest absolute Gasteiger partial charge is 0.481 e. The second-order valence-electron chi connectivity index (χ2n) is 7.73. The molecule has 27 heavy (non-hydrogen) atoms. The van der Waals surface area contributed by atoms with Crippen LogP contribution in [0.5, 0.6) is 0 Å². The Morgan fingerprint density at radius 3 is 2.11 bits per heavy atom. The number of nitrogens with zero attached hydrogens (tertiary/aromatic N) is 2. The third-order valence-electron chi connectivity index (χ3n) is 5.62. The first-order valence-corrected chi connectivity index (χ1v) is 10.5. The van der Waals surface area contributed by atoms with Gasteiger partial charge in [0.15, 0.2) is 0 Å². The maximum Gasteiger partial charge on any atom is 0.311 e. The van der Waals surface area contributed by atoms with E-state index in [-0.39, 0.29) is 29.3 Å². The smallest absolute Gasteiger partial charge is 0.311 e. The Morgan fingerprint density at radius 1 is 1.15 bits per heavy atom. The summed E-state index contributed by atoms with van der Waals surface area (Å²) in [6.07, 6.45) is 0.414. The van der Waals surface area contributed by atoms with E-state index in [4.69, 9.17) is 0 Å². The van der Waals surface area contributed by atoms with Crippen LogP contribution in [0.15, 0.2) is 29.2 Å². The molecule has 1 aromatic carbocycles. The molecule has 0 radical (unpaired) electrons. The number of carbonyl (C=O) groups is 2. The van der Waals surface area contributed by atoms with Crippen LogP contribution in [0.3, 0.4) is 0 Å². The standard InChI is InChI=1S/C19H28N2O5S/c1-13(2)19(18(23)24)10-11-21(12-19)17(22)15-6-8-16(9-7-15)27(25,26)20(5)14(3)4/h6-9,13-14H,10-12H2,1-5H3,(H,23,24). The highest BCUT2D eigenvalue weighted by atomic mass is 32.2. The lowest BCUT2D eigenvalue weighted by molar-refractivity contribution is -0.150. The Labute approximate surface area is 161 Å². The van der Waals surface area contributed by atoms with E-state index in [1.807, 2.05) is 13.8 Å². The van der Waals surface area contributed by atoms with E-state index in [1.165, 1.54) is 40.5 Å². The molecule has 1 aliphatic rings. The maximum absolute atomic E-state index is 12.8. The predicted octanol–water partition coefficient (Wildman–Crippen LogP) is 2.29. The molecule has 1 atom stereocenters. The summed E-state index contributed by atoms with van der Waals surface area (Å²) in [5.74, 6) is -1.25. The fraction of sp³-hybridized carbons (Fsp3) is 0.579. The number of carboxylic acids is 1. The number of sulfonamides is 1. The summed E-state index contributed by atoms with van der Waals surface area (Å²) in [5.41, 5.74) is -0.579. The van der Waals surface area contributed by atoms with Crippen LogP contribution < -0.4 is 0 Å². The number of amides is 1. The van der Waals surface area contributed by atoms with Gasteiger partial charge in [-0.1, -0.05) is 13.8 Å². The van der Waals surface area contributed by atoms with Gasteiger partial charge in [0, 0.05) is 31.7 Å². The number of rotatable bonds is 6. The van der Waals surface area contributed by atoms with Crippen LogP contribution in [-0.4, -0.2) is 60.8 Å². The quantitative estimate of drug-likeness (QED) is 0.796. The Bertz CT molecular complexity index is 817. The van der Waals surface area contributed by atoms with Gasteiger partial charge in [0.25, 0.3) is 5.91 Å². The first kappa shape index (κ1) is 21.4. The molecule has 1 aliphatic heterocycles. The molecule has 1 amide bonds. The van der Waals surface area contributed by atoms with E-state index < -0.39 is 21.4 Å². The van der Waals surface area contributed by atoms with Crippen molar-refractivity contribution in [1.29, 1.82) is 0 Å². The fourth-order valence-electron chi connectivity index (χ4n) is 3.30. The van der Waals surface area contributed by atoms with Gasteiger partial charge in [0.1, 0.15) is 0 Å². The fourth-order valence-corrected chi connectivity index (χ4v) is 4.66. The van der Waals surface area contributed by atoms with Crippen molar-refractivity contribution in [2.75, 3.05) is 20.1 Å². The number of aliphatic carboxylic acids is 1. The van der Waals surface area contributed by atoms with E-state index >= 15 is 0 Å². The number of likely N-dealkylation sites (tertiary alicyclic amines) is 1. The highest BCUT2D eigenvalue weighted by molar-refractivity contribution is 7.89. The van der Waals surface area contributed by atoms with E-state index in [0.717, 1.165) is 0 Å². The van der Waals surface area contributed by atoms with Crippen LogP contribution >= 0.6 is 0 Å². The van der Waals surface area contributed by atoms with E-state index in [1.54, 1.807) is 13.8 Å². The number of benzene rings is 1. The van der Waals surface area contributed by atoms with Gasteiger partial charge in [-0.25, -0.2) is 8.42 Å². The van der Waals surface area contributed by atoms with Gasteiger partial charge in [0.05, 0.1) is 10.3 Å². The van der Waals surface area contributed by atoms with Gasteiger partial charge < -0.3 is 10.0 Å². The van der Waals surface area contributed by atoms with Crippen molar-refractivity contribution in [2.24, 2.45) is 11.3 Å². The van der Waals surface area contributed by atoms with Crippen molar-refractivity contribution in [1.82, 2.24) is 9.21 Å². The topological polar surface area (TPSA) is 95.0 Å². The van der Waals surface area contributed by atoms with E-state index in [0.29, 0.717) is 18.5 Å². The van der Waals surface area contributed by atoms with Gasteiger partial charge in [-0.2, -0.15) is 4.31 Å². The summed E-state index contributed by atoms with van der Waals surface area (Å²) >= 11 is 0. The number of hydrogen-bond acceptors (Lipinski definition) is 4. The van der Waals surface area contributed by atoms with Gasteiger partial charge in [-0.05, 0) is 50.5 Å². The van der Waals surface area contributed by atoms with Crippen LogP contribution in [0.1, 0.15) is 44.5 Å². The van der Waals surface area contributed by atoms with Crippen molar-refractivity contribution in [3.63, 3.8) is 0 Å². The Kier molecular flexibility index (Phi) is 6.01. The summed E-state index contributed by atoms with van der Waals surface area (Å²) < 4.78 is 26.3. The minimum Gasteiger partial charge on any atom is -0.481 e. The normalized spacial score (nSPS) is 20.7. The minimum atomic E-state index is -3.61. The highest BCUT2D eigenvalue weighted by Gasteiger charge is 2.48. The van der Waals surface area contributed by atoms with Crippen molar-refractivity contribution in [3.05, 3.63) is 29.8 Å². The van der Waals surface area contributed by atoms with Gasteiger partial charge in [-0.3, -0.25) is 9.59 Å². The summed E-state index contributed by atoms with van der Waals surface area (Å²) in [4.78, 5) is 26.2. The first-order chi connectivity index (χ1) is 12.4. The first-order valence-electron chi connectivity index (χ1n) is 9.04. The molecule has 1 N–H and O–H groups in total. The molecule has 1 saturated heterocycles. The third-order valence-corrected chi connectivity index (χ3v) is 7.67. The van der Waals surface area contributed by atoms with Crippen molar-refractivity contribution in [2.45, 2.75) is 45.1 Å². The Balaban J connectivity index is 2.21. The molecule has 0 spiro atoms. The number of hydrogen-bond donors (Lipinski definition) is 1. The molecule has 1 fully saturated rings. The monoisotopic (exact) mass is 396 g/mol. The average molecular weight is 397 g/mol. The zero-order valence-electron chi connectivity index (χ0n) is 16.5. The van der Waals surface area contributed by atoms with Gasteiger partial charge in [-0.15, -0.1) is 0 Å². The molecule has 0 aliphatic carbocycles. The summed E-state index contributed by atoms with van der Waals surface area (Å²) in [5, 5.41) is 9.62. The van der Waals surface area contributed by atoms with Crippen LogP contribution in [0, 0.1) is 11.3 Å². The zero-order chi connectivity index (χ0) is 20.6. The second-order valence-corrected chi connectivity index (χ2v) is 9.73. The molecule has 0 aromatic heterocycles. The molecular weight excluding hydrogens is 368 g/mol. The predicted molar refractivity (Wildman–Crippen MR) is 102 cm³/mol. The van der Waals surface area contributed by atoms with Gasteiger partial charge >= 0.3 is 5.97 Å². The van der Waals surface area contributed by atoms with Crippen LogP contribution in [0.4, 0.5) is 0 Å². The van der Waals surface area contributed by atoms with Gasteiger partial charge in [0.2, 0.25) is 10.0 Å². The van der Waals surface area contributed by atoms with Crippen molar-refractivity contribution < 1.29 is 23.1 Å². The van der Waals surface area contributed by atoms with E-state index in [9.17, 15) is 23.1 Å². The lowest BCUT2D eigenvalue weighted by Crippen LogP contribution is -2.40. The van der Waals surface area contributed by atoms with Crippen LogP contribution in [0.25, 0.3) is 0 Å². The SMILES string of the molecule is CC(C)N(C)S(=O)(=O)c1ccc(C(=O)N2CCC(C(=O)O)(C(C)C)C2)cc1. The van der Waals surface area contributed by atoms with E-state index in [2.05, 4.69) is 0 Å². The molecule has 0 saturated carbocycles. The average Bonchev–Trinajstić information content (AvgIpc) is 3.07. The third kappa shape index (κ3) is 3.87. The Hall–Kier alpha value is -1.93. The lowest BCUT2D eigenvalue weighted by atomic mass is 9.76. The minimum absolute atomic E-state index is 0.0908. The highest BCUT2D eigenvalue weighted by Crippen LogP contribution is 2.38. The molecule has 0 bridgehead atoms. The maximum atomic E-state index is 12.8. The summed E-state index contributed by atoms with van der Waals surface area (Å²) in [7, 11) is -2.10. The molecule has 8 heteroatoms. The molecule has 7 nitrogen and oxygen atoms in total.